The van der Waals surface area contributed by atoms with Gasteiger partial charge in [0, 0.05) is 12.4 Å². The lowest BCUT2D eigenvalue weighted by atomic mass is 10.5. The Morgan fingerprint density at radius 2 is 1.38 bits per heavy atom. The number of rotatable bonds is 0. The molecule has 4 heteroatoms. The topological polar surface area (TPSA) is 24.1 Å². The van der Waals surface area contributed by atoms with Crippen molar-refractivity contribution in [3.63, 3.8) is 0 Å². The third-order valence-corrected chi connectivity index (χ3v) is 2.55. The lowest BCUT2D eigenvalue weighted by molar-refractivity contribution is 0.764. The summed E-state index contributed by atoms with van der Waals surface area (Å²) in [6, 6.07) is 0. The largest absolute Gasteiger partial charge is 0.308 e. The molecule has 0 amide bonds. The summed E-state index contributed by atoms with van der Waals surface area (Å²) in [6.45, 7) is 0. The Bertz CT molecular complexity index is 132. The Labute approximate surface area is 64.3 Å². The van der Waals surface area contributed by atoms with E-state index in [2.05, 4.69) is 42.7 Å². The highest BCUT2D eigenvalue weighted by molar-refractivity contribution is 9.15. The Morgan fingerprint density at radius 1 is 1.00 bits per heavy atom. The Hall–Kier alpha value is 0.0400. The molecule has 0 aromatic rings. The van der Waals surface area contributed by atoms with Crippen LogP contribution in [0.1, 0.15) is 0 Å². The lowest BCUT2D eigenvalue weighted by Gasteiger charge is -2.07. The SMILES string of the molecule is BrC1=CNNC=C1Br. The standard InChI is InChI=1S/C4H4Br2N2/c5-3-1-7-8-2-4(3)6/h1-2,7-8H. The van der Waals surface area contributed by atoms with Gasteiger partial charge in [0.05, 0.1) is 8.96 Å². The highest BCUT2D eigenvalue weighted by atomic mass is 79.9. The van der Waals surface area contributed by atoms with E-state index in [1.807, 2.05) is 12.4 Å². The molecule has 0 radical (unpaired) electrons. The van der Waals surface area contributed by atoms with Crippen molar-refractivity contribution in [2.45, 2.75) is 0 Å². The quantitative estimate of drug-likeness (QED) is 0.671. The van der Waals surface area contributed by atoms with E-state index in [0.717, 1.165) is 8.96 Å². The minimum absolute atomic E-state index is 1.01. The smallest absolute Gasteiger partial charge is 0.0508 e. The van der Waals surface area contributed by atoms with Gasteiger partial charge in [0.25, 0.3) is 0 Å². The fourth-order valence-corrected chi connectivity index (χ4v) is 0.806. The second-order valence-corrected chi connectivity index (χ2v) is 2.98. The molecule has 1 rings (SSSR count). The molecule has 0 aliphatic carbocycles. The summed E-state index contributed by atoms with van der Waals surface area (Å²) in [5.41, 5.74) is 5.60. The van der Waals surface area contributed by atoms with Crippen LogP contribution in [0.4, 0.5) is 0 Å². The van der Waals surface area contributed by atoms with Crippen molar-refractivity contribution in [2.24, 2.45) is 0 Å². The monoisotopic (exact) mass is 238 g/mol. The van der Waals surface area contributed by atoms with Crippen LogP contribution in [0, 0.1) is 0 Å². The van der Waals surface area contributed by atoms with E-state index >= 15 is 0 Å². The summed E-state index contributed by atoms with van der Waals surface area (Å²) in [4.78, 5) is 0. The molecule has 1 aliphatic heterocycles. The van der Waals surface area contributed by atoms with Crippen molar-refractivity contribution in [1.29, 1.82) is 0 Å². The van der Waals surface area contributed by atoms with E-state index in [0.29, 0.717) is 0 Å². The molecule has 1 aliphatic rings. The van der Waals surface area contributed by atoms with Crippen molar-refractivity contribution >= 4 is 31.9 Å². The number of hydrogen-bond acceptors (Lipinski definition) is 2. The van der Waals surface area contributed by atoms with Crippen molar-refractivity contribution in [2.75, 3.05) is 0 Å². The Morgan fingerprint density at radius 3 is 1.62 bits per heavy atom. The molecule has 1 heterocycles. The maximum Gasteiger partial charge on any atom is 0.0508 e. The van der Waals surface area contributed by atoms with Gasteiger partial charge in [-0.15, -0.1) is 0 Å². The normalized spacial score (nSPS) is 17.8. The molecular weight excluding hydrogens is 236 g/mol. The van der Waals surface area contributed by atoms with E-state index in [1.165, 1.54) is 0 Å². The molecule has 0 saturated heterocycles. The van der Waals surface area contributed by atoms with Crippen molar-refractivity contribution in [1.82, 2.24) is 10.9 Å². The molecule has 8 heavy (non-hydrogen) atoms. The molecule has 0 unspecified atom stereocenters. The highest BCUT2D eigenvalue weighted by Crippen LogP contribution is 2.22. The summed E-state index contributed by atoms with van der Waals surface area (Å²) in [6.07, 6.45) is 3.62. The van der Waals surface area contributed by atoms with E-state index in [4.69, 9.17) is 0 Å². The maximum atomic E-state index is 3.30. The summed E-state index contributed by atoms with van der Waals surface area (Å²) in [5, 5.41) is 0. The zero-order valence-electron chi connectivity index (χ0n) is 3.91. The van der Waals surface area contributed by atoms with Crippen LogP contribution in [0.3, 0.4) is 0 Å². The molecule has 0 aromatic carbocycles. The second kappa shape index (κ2) is 2.55. The first-order valence-corrected chi connectivity index (χ1v) is 3.62. The predicted octanol–water partition coefficient (Wildman–Crippen LogP) is 1.57. The van der Waals surface area contributed by atoms with Gasteiger partial charge in [-0.1, -0.05) is 0 Å². The van der Waals surface area contributed by atoms with Crippen LogP contribution in [0.25, 0.3) is 0 Å². The van der Waals surface area contributed by atoms with Crippen LogP contribution in [0.5, 0.6) is 0 Å². The fraction of sp³-hybridized carbons (Fsp3) is 0. The molecular formula is C4H4Br2N2. The van der Waals surface area contributed by atoms with Gasteiger partial charge >= 0.3 is 0 Å². The molecule has 0 atom stereocenters. The summed E-state index contributed by atoms with van der Waals surface area (Å²) < 4.78 is 2.02. The number of nitrogens with one attached hydrogen (secondary N) is 2. The van der Waals surface area contributed by atoms with Crippen molar-refractivity contribution in [3.05, 3.63) is 21.4 Å². The predicted molar refractivity (Wildman–Crippen MR) is 40.3 cm³/mol. The van der Waals surface area contributed by atoms with Gasteiger partial charge in [-0.05, 0) is 31.9 Å². The molecule has 2 nitrogen and oxygen atoms in total. The molecule has 2 N–H and O–H groups in total. The maximum absolute atomic E-state index is 3.30. The van der Waals surface area contributed by atoms with Gasteiger partial charge in [0.2, 0.25) is 0 Å². The molecule has 0 fully saturated rings. The third-order valence-electron chi connectivity index (χ3n) is 0.709. The molecule has 0 bridgehead atoms. The van der Waals surface area contributed by atoms with Crippen LogP contribution in [0.2, 0.25) is 0 Å². The van der Waals surface area contributed by atoms with Crippen LogP contribution in [-0.4, -0.2) is 0 Å². The van der Waals surface area contributed by atoms with Crippen molar-refractivity contribution in [3.8, 4) is 0 Å². The molecule has 0 spiro atoms. The minimum Gasteiger partial charge on any atom is -0.308 e. The van der Waals surface area contributed by atoms with Gasteiger partial charge in [-0.3, -0.25) is 0 Å². The zero-order valence-corrected chi connectivity index (χ0v) is 7.08. The van der Waals surface area contributed by atoms with E-state index in [-0.39, 0.29) is 0 Å². The van der Waals surface area contributed by atoms with Crippen LogP contribution < -0.4 is 10.9 Å². The average Bonchev–Trinajstić information content (AvgIpc) is 1.77. The van der Waals surface area contributed by atoms with Crippen molar-refractivity contribution < 1.29 is 0 Å². The fourth-order valence-electron chi connectivity index (χ4n) is 0.348. The Kier molecular flexibility index (Phi) is 1.96. The van der Waals surface area contributed by atoms with Gasteiger partial charge in [0.15, 0.2) is 0 Å². The Balaban J connectivity index is 2.73. The number of hydrogen-bond donors (Lipinski definition) is 2. The first kappa shape index (κ1) is 6.16. The minimum atomic E-state index is 1.01. The third kappa shape index (κ3) is 1.26. The van der Waals surface area contributed by atoms with Crippen LogP contribution >= 0.6 is 31.9 Å². The van der Waals surface area contributed by atoms with Crippen LogP contribution in [-0.2, 0) is 0 Å². The second-order valence-electron chi connectivity index (χ2n) is 1.27. The lowest BCUT2D eigenvalue weighted by Crippen LogP contribution is -2.23. The van der Waals surface area contributed by atoms with Gasteiger partial charge in [-0.25, -0.2) is 0 Å². The van der Waals surface area contributed by atoms with E-state index < -0.39 is 0 Å². The van der Waals surface area contributed by atoms with Gasteiger partial charge < -0.3 is 10.9 Å². The first-order chi connectivity index (χ1) is 3.80. The summed E-state index contributed by atoms with van der Waals surface area (Å²) in [7, 11) is 0. The summed E-state index contributed by atoms with van der Waals surface area (Å²) >= 11 is 6.59. The van der Waals surface area contributed by atoms with E-state index in [9.17, 15) is 0 Å². The van der Waals surface area contributed by atoms with Gasteiger partial charge in [-0.2, -0.15) is 0 Å². The number of hydrazine groups is 1. The summed E-state index contributed by atoms with van der Waals surface area (Å²) in [5.74, 6) is 0. The molecule has 0 aromatic heterocycles. The van der Waals surface area contributed by atoms with Gasteiger partial charge in [0.1, 0.15) is 0 Å². The van der Waals surface area contributed by atoms with Crippen LogP contribution in [0.15, 0.2) is 21.4 Å². The first-order valence-electron chi connectivity index (χ1n) is 2.03. The molecule has 0 saturated carbocycles. The molecule has 44 valence electrons. The van der Waals surface area contributed by atoms with E-state index in [1.54, 1.807) is 0 Å². The number of allylic oxidation sites excluding steroid dienone is 2. The zero-order chi connectivity index (χ0) is 5.98. The average molecular weight is 240 g/mol. The highest BCUT2D eigenvalue weighted by Gasteiger charge is 1.98. The number of halogens is 2.